The number of ether oxygens (including phenoxy) is 1. The van der Waals surface area contributed by atoms with Crippen LogP contribution in [0.1, 0.15) is 21.5 Å². The van der Waals surface area contributed by atoms with Crippen molar-refractivity contribution >= 4 is 5.97 Å². The van der Waals surface area contributed by atoms with E-state index in [4.69, 9.17) is 4.74 Å². The van der Waals surface area contributed by atoms with Crippen molar-refractivity contribution in [3.63, 3.8) is 0 Å². The van der Waals surface area contributed by atoms with E-state index in [-0.39, 0.29) is 5.75 Å². The highest BCUT2D eigenvalue weighted by atomic mass is 19.4. The van der Waals surface area contributed by atoms with Gasteiger partial charge in [-0.05, 0) is 25.1 Å². The third-order valence-electron chi connectivity index (χ3n) is 2.58. The summed E-state index contributed by atoms with van der Waals surface area (Å²) in [6.07, 6.45) is -2.81. The first-order valence-electron chi connectivity index (χ1n) is 5.68. The molecule has 0 saturated heterocycles. The van der Waals surface area contributed by atoms with E-state index in [1.807, 2.05) is 6.92 Å². The monoisotopic (exact) mass is 281 g/mol. The standard InChI is InChI=1S/C14H10F3NO2/c1-9-2-4-10(5-3-9)20-13(19)11-8-18-7-6-12(11)14(15,16)17/h2-8H,1H3. The van der Waals surface area contributed by atoms with Gasteiger partial charge in [0, 0.05) is 12.4 Å². The van der Waals surface area contributed by atoms with Gasteiger partial charge in [0.1, 0.15) is 5.75 Å². The van der Waals surface area contributed by atoms with E-state index in [9.17, 15) is 18.0 Å². The Morgan fingerprint density at radius 3 is 2.40 bits per heavy atom. The quantitative estimate of drug-likeness (QED) is 0.623. The number of pyridine rings is 1. The van der Waals surface area contributed by atoms with Gasteiger partial charge in [-0.25, -0.2) is 4.79 Å². The Labute approximate surface area is 113 Å². The first-order valence-corrected chi connectivity index (χ1v) is 5.68. The summed E-state index contributed by atoms with van der Waals surface area (Å²) in [5.41, 5.74) is -0.729. The summed E-state index contributed by atoms with van der Waals surface area (Å²) in [6, 6.07) is 7.15. The van der Waals surface area contributed by atoms with Crippen LogP contribution in [0.15, 0.2) is 42.7 Å². The number of aryl methyl sites for hydroxylation is 1. The van der Waals surface area contributed by atoms with E-state index in [0.29, 0.717) is 0 Å². The molecule has 0 unspecified atom stereocenters. The predicted octanol–water partition coefficient (Wildman–Crippen LogP) is 3.63. The zero-order chi connectivity index (χ0) is 14.8. The minimum absolute atomic E-state index is 0.178. The number of aromatic nitrogens is 1. The fraction of sp³-hybridized carbons (Fsp3) is 0.143. The highest BCUT2D eigenvalue weighted by Gasteiger charge is 2.35. The zero-order valence-corrected chi connectivity index (χ0v) is 10.4. The largest absolute Gasteiger partial charge is 0.423 e. The smallest absolute Gasteiger partial charge is 0.417 e. The summed E-state index contributed by atoms with van der Waals surface area (Å²) >= 11 is 0. The predicted molar refractivity (Wildman–Crippen MR) is 65.4 cm³/mol. The maximum absolute atomic E-state index is 12.8. The molecule has 3 nitrogen and oxygen atoms in total. The first-order chi connectivity index (χ1) is 9.38. The molecule has 0 saturated carbocycles. The fourth-order valence-corrected chi connectivity index (χ4v) is 1.57. The van der Waals surface area contributed by atoms with Crippen molar-refractivity contribution < 1.29 is 22.7 Å². The van der Waals surface area contributed by atoms with Gasteiger partial charge < -0.3 is 4.74 Å². The minimum atomic E-state index is -4.63. The van der Waals surface area contributed by atoms with Gasteiger partial charge in [-0.1, -0.05) is 17.7 Å². The summed E-state index contributed by atoms with van der Waals surface area (Å²) in [5, 5.41) is 0. The van der Waals surface area contributed by atoms with Crippen LogP contribution in [-0.2, 0) is 6.18 Å². The van der Waals surface area contributed by atoms with Crippen LogP contribution >= 0.6 is 0 Å². The van der Waals surface area contributed by atoms with Crippen LogP contribution in [0.25, 0.3) is 0 Å². The van der Waals surface area contributed by atoms with Gasteiger partial charge in [0.05, 0.1) is 11.1 Å². The Morgan fingerprint density at radius 1 is 1.15 bits per heavy atom. The van der Waals surface area contributed by atoms with E-state index in [1.165, 1.54) is 12.1 Å². The van der Waals surface area contributed by atoms with Crippen LogP contribution < -0.4 is 4.74 Å². The van der Waals surface area contributed by atoms with Crippen LogP contribution in [0, 0.1) is 6.92 Å². The molecule has 0 aliphatic carbocycles. The van der Waals surface area contributed by atoms with Crippen molar-refractivity contribution in [3.8, 4) is 5.75 Å². The molecule has 0 radical (unpaired) electrons. The first kappa shape index (κ1) is 14.0. The molecule has 0 fully saturated rings. The van der Waals surface area contributed by atoms with Gasteiger partial charge in [0.25, 0.3) is 0 Å². The van der Waals surface area contributed by atoms with E-state index < -0.39 is 23.3 Å². The molecular formula is C14H10F3NO2. The molecule has 0 aliphatic heterocycles. The lowest BCUT2D eigenvalue weighted by Crippen LogP contribution is -2.17. The molecule has 0 atom stereocenters. The lowest BCUT2D eigenvalue weighted by atomic mass is 10.1. The molecule has 104 valence electrons. The normalized spacial score (nSPS) is 11.2. The molecule has 1 aromatic carbocycles. The summed E-state index contributed by atoms with van der Waals surface area (Å²) in [7, 11) is 0. The van der Waals surface area contributed by atoms with Gasteiger partial charge >= 0.3 is 12.1 Å². The number of carbonyl (C=O) groups is 1. The van der Waals surface area contributed by atoms with Crippen LogP contribution in [-0.4, -0.2) is 11.0 Å². The molecule has 1 aromatic heterocycles. The summed E-state index contributed by atoms with van der Waals surface area (Å²) in [4.78, 5) is 15.3. The van der Waals surface area contributed by atoms with Gasteiger partial charge in [-0.2, -0.15) is 13.2 Å². The second kappa shape index (κ2) is 5.32. The number of esters is 1. The molecule has 0 amide bonds. The van der Waals surface area contributed by atoms with E-state index in [1.54, 1.807) is 12.1 Å². The molecule has 1 heterocycles. The van der Waals surface area contributed by atoms with E-state index >= 15 is 0 Å². The second-order valence-electron chi connectivity index (χ2n) is 4.12. The molecule has 2 rings (SSSR count). The number of benzene rings is 1. The van der Waals surface area contributed by atoms with Crippen molar-refractivity contribution in [3.05, 3.63) is 59.4 Å². The SMILES string of the molecule is Cc1ccc(OC(=O)c2cnccc2C(F)(F)F)cc1. The molecule has 0 spiro atoms. The average molecular weight is 281 g/mol. The van der Waals surface area contributed by atoms with Crippen molar-refractivity contribution in [2.45, 2.75) is 13.1 Å². The lowest BCUT2D eigenvalue weighted by Gasteiger charge is -2.11. The molecule has 20 heavy (non-hydrogen) atoms. The third kappa shape index (κ3) is 3.14. The Hall–Kier alpha value is -2.37. The molecular weight excluding hydrogens is 271 g/mol. The van der Waals surface area contributed by atoms with Gasteiger partial charge in [-0.3, -0.25) is 4.98 Å². The van der Waals surface area contributed by atoms with E-state index in [0.717, 1.165) is 24.0 Å². The number of nitrogens with zero attached hydrogens (tertiary/aromatic N) is 1. The topological polar surface area (TPSA) is 39.2 Å². The van der Waals surface area contributed by atoms with Crippen molar-refractivity contribution in [2.24, 2.45) is 0 Å². The van der Waals surface area contributed by atoms with Gasteiger partial charge in [0.15, 0.2) is 0 Å². The summed E-state index contributed by atoms with van der Waals surface area (Å²) < 4.78 is 43.2. The number of hydrogen-bond acceptors (Lipinski definition) is 3. The summed E-state index contributed by atoms with van der Waals surface area (Å²) in [5.74, 6) is -0.910. The average Bonchev–Trinajstić information content (AvgIpc) is 2.40. The number of hydrogen-bond donors (Lipinski definition) is 0. The Bertz CT molecular complexity index is 621. The number of rotatable bonds is 2. The molecule has 0 aliphatic rings. The van der Waals surface area contributed by atoms with E-state index in [2.05, 4.69) is 4.98 Å². The molecule has 0 N–H and O–H groups in total. The fourth-order valence-electron chi connectivity index (χ4n) is 1.57. The van der Waals surface area contributed by atoms with Crippen LogP contribution in [0.2, 0.25) is 0 Å². The Kier molecular flexibility index (Phi) is 3.74. The second-order valence-corrected chi connectivity index (χ2v) is 4.12. The molecule has 0 bridgehead atoms. The molecule has 6 heteroatoms. The highest BCUT2D eigenvalue weighted by molar-refractivity contribution is 5.92. The molecule has 2 aromatic rings. The van der Waals surface area contributed by atoms with Crippen LogP contribution in [0.3, 0.4) is 0 Å². The van der Waals surface area contributed by atoms with Gasteiger partial charge in [-0.15, -0.1) is 0 Å². The number of halogens is 3. The van der Waals surface area contributed by atoms with Crippen molar-refractivity contribution in [1.82, 2.24) is 4.98 Å². The Morgan fingerprint density at radius 2 is 1.80 bits per heavy atom. The van der Waals surface area contributed by atoms with Gasteiger partial charge in [0.2, 0.25) is 0 Å². The van der Waals surface area contributed by atoms with Crippen molar-refractivity contribution in [2.75, 3.05) is 0 Å². The zero-order valence-electron chi connectivity index (χ0n) is 10.4. The maximum Gasteiger partial charge on any atom is 0.417 e. The third-order valence-corrected chi connectivity index (χ3v) is 2.58. The lowest BCUT2D eigenvalue weighted by molar-refractivity contribution is -0.138. The van der Waals surface area contributed by atoms with Crippen LogP contribution in [0.5, 0.6) is 5.75 Å². The Balaban J connectivity index is 2.28. The van der Waals surface area contributed by atoms with Crippen molar-refractivity contribution in [1.29, 1.82) is 0 Å². The summed E-state index contributed by atoms with van der Waals surface area (Å²) in [6.45, 7) is 1.84. The number of alkyl halides is 3. The maximum atomic E-state index is 12.8. The van der Waals surface area contributed by atoms with Crippen LogP contribution in [0.4, 0.5) is 13.2 Å². The minimum Gasteiger partial charge on any atom is -0.423 e. The number of carbonyl (C=O) groups excluding carboxylic acids is 1. The highest BCUT2D eigenvalue weighted by Crippen LogP contribution is 2.31.